The molecule has 2 rings (SSSR count). The van der Waals surface area contributed by atoms with Crippen molar-refractivity contribution in [3.05, 3.63) is 35.4 Å². The average molecular weight is 343 g/mol. The van der Waals surface area contributed by atoms with E-state index in [1.807, 2.05) is 0 Å². The highest BCUT2D eigenvalue weighted by molar-refractivity contribution is 5.77. The number of hydrogen-bond donors (Lipinski definition) is 2. The Labute approximate surface area is 138 Å². The highest BCUT2D eigenvalue weighted by atomic mass is 19.4. The van der Waals surface area contributed by atoms with Crippen LogP contribution in [0.5, 0.6) is 0 Å². The Morgan fingerprint density at radius 3 is 2.38 bits per heavy atom. The van der Waals surface area contributed by atoms with Crippen molar-refractivity contribution in [3.63, 3.8) is 0 Å². The Morgan fingerprint density at radius 1 is 1.17 bits per heavy atom. The summed E-state index contributed by atoms with van der Waals surface area (Å²) in [5, 5.41) is 11.4. The molecule has 0 spiro atoms. The maximum Gasteiger partial charge on any atom is 0.416 e. The maximum atomic E-state index is 12.9. The van der Waals surface area contributed by atoms with Crippen molar-refractivity contribution in [2.24, 2.45) is 0 Å². The zero-order valence-corrected chi connectivity index (χ0v) is 13.2. The number of alkyl halides is 3. The number of rotatable bonds is 7. The minimum absolute atomic E-state index is 0.00600. The SMILES string of the molecule is O=C(O)CCCCC(=O)NC1(c2cccc(C(F)(F)F)c2)CCC1. The monoisotopic (exact) mass is 343 g/mol. The molecule has 7 heteroatoms. The summed E-state index contributed by atoms with van der Waals surface area (Å²) < 4.78 is 38.6. The van der Waals surface area contributed by atoms with E-state index < -0.39 is 23.2 Å². The van der Waals surface area contributed by atoms with Crippen LogP contribution >= 0.6 is 0 Å². The fourth-order valence-electron chi connectivity index (χ4n) is 2.90. The molecule has 1 aliphatic rings. The van der Waals surface area contributed by atoms with Crippen LogP contribution in [0, 0.1) is 0 Å². The van der Waals surface area contributed by atoms with Gasteiger partial charge in [-0.2, -0.15) is 13.2 Å². The summed E-state index contributed by atoms with van der Waals surface area (Å²) >= 11 is 0. The molecule has 132 valence electrons. The van der Waals surface area contributed by atoms with Crippen LogP contribution in [-0.4, -0.2) is 17.0 Å². The first-order valence-electron chi connectivity index (χ1n) is 7.93. The second-order valence-electron chi connectivity index (χ2n) is 6.16. The topological polar surface area (TPSA) is 66.4 Å². The summed E-state index contributed by atoms with van der Waals surface area (Å²) in [5.41, 5.74) is -0.977. The Bertz CT molecular complexity index is 609. The molecule has 2 N–H and O–H groups in total. The van der Waals surface area contributed by atoms with Gasteiger partial charge in [-0.1, -0.05) is 12.1 Å². The van der Waals surface area contributed by atoms with Crippen molar-refractivity contribution < 1.29 is 27.9 Å². The molecule has 0 aliphatic heterocycles. The van der Waals surface area contributed by atoms with Gasteiger partial charge in [0.2, 0.25) is 5.91 Å². The Hall–Kier alpha value is -2.05. The first-order chi connectivity index (χ1) is 11.2. The summed E-state index contributed by atoms with van der Waals surface area (Å²) in [4.78, 5) is 22.5. The van der Waals surface area contributed by atoms with Gasteiger partial charge in [0.05, 0.1) is 11.1 Å². The van der Waals surface area contributed by atoms with Gasteiger partial charge in [0.1, 0.15) is 0 Å². The molecule has 1 aromatic rings. The molecule has 1 aliphatic carbocycles. The van der Waals surface area contributed by atoms with E-state index in [2.05, 4.69) is 5.32 Å². The summed E-state index contributed by atoms with van der Waals surface area (Å²) in [7, 11) is 0. The fraction of sp³-hybridized carbons (Fsp3) is 0.529. The highest BCUT2D eigenvalue weighted by Gasteiger charge is 2.41. The Balaban J connectivity index is 2.01. The molecule has 0 saturated heterocycles. The Kier molecular flexibility index (Phi) is 5.51. The van der Waals surface area contributed by atoms with Gasteiger partial charge in [-0.3, -0.25) is 9.59 Å². The van der Waals surface area contributed by atoms with Crippen molar-refractivity contribution in [1.29, 1.82) is 0 Å². The molecule has 0 radical (unpaired) electrons. The van der Waals surface area contributed by atoms with Crippen molar-refractivity contribution in [2.75, 3.05) is 0 Å². The highest BCUT2D eigenvalue weighted by Crippen LogP contribution is 2.43. The largest absolute Gasteiger partial charge is 0.481 e. The van der Waals surface area contributed by atoms with Crippen molar-refractivity contribution >= 4 is 11.9 Å². The number of carboxylic acids is 1. The van der Waals surface area contributed by atoms with Gasteiger partial charge >= 0.3 is 12.1 Å². The van der Waals surface area contributed by atoms with E-state index in [0.717, 1.165) is 18.6 Å². The zero-order valence-electron chi connectivity index (χ0n) is 13.2. The quantitative estimate of drug-likeness (QED) is 0.739. The molecule has 0 bridgehead atoms. The summed E-state index contributed by atoms with van der Waals surface area (Å²) in [5.74, 6) is -1.16. The van der Waals surface area contributed by atoms with Crippen LogP contribution < -0.4 is 5.32 Å². The third-order valence-corrected chi connectivity index (χ3v) is 4.37. The molecule has 4 nitrogen and oxygen atoms in total. The number of carboxylic acid groups (broad SMARTS) is 1. The van der Waals surface area contributed by atoms with Gasteiger partial charge in [-0.15, -0.1) is 0 Å². The lowest BCUT2D eigenvalue weighted by Gasteiger charge is -2.43. The standard InChI is InChI=1S/C17H20F3NO3/c18-17(19,20)13-6-3-5-12(11-13)16(9-4-10-16)21-14(22)7-1-2-8-15(23)24/h3,5-6,11H,1-2,4,7-10H2,(H,21,22)(H,23,24). The van der Waals surface area contributed by atoms with Gasteiger partial charge in [-0.25, -0.2) is 0 Å². The van der Waals surface area contributed by atoms with Crippen molar-refractivity contribution in [3.8, 4) is 0 Å². The molecule has 0 unspecified atom stereocenters. The molecule has 1 saturated carbocycles. The number of halogens is 3. The average Bonchev–Trinajstić information content (AvgIpc) is 2.46. The molecule has 1 aromatic carbocycles. The van der Waals surface area contributed by atoms with E-state index >= 15 is 0 Å². The molecular weight excluding hydrogens is 323 g/mol. The van der Waals surface area contributed by atoms with Gasteiger partial charge in [0, 0.05) is 12.8 Å². The zero-order chi connectivity index (χ0) is 17.8. The minimum Gasteiger partial charge on any atom is -0.481 e. The lowest BCUT2D eigenvalue weighted by molar-refractivity contribution is -0.138. The van der Waals surface area contributed by atoms with Gasteiger partial charge in [-0.05, 0) is 49.8 Å². The normalized spacial score (nSPS) is 16.3. The number of benzene rings is 1. The molecule has 0 atom stereocenters. The van der Waals surface area contributed by atoms with Crippen LogP contribution in [0.2, 0.25) is 0 Å². The van der Waals surface area contributed by atoms with Gasteiger partial charge < -0.3 is 10.4 Å². The van der Waals surface area contributed by atoms with Crippen LogP contribution in [-0.2, 0) is 21.3 Å². The third kappa shape index (κ3) is 4.49. The van der Waals surface area contributed by atoms with Crippen LogP contribution in [0.3, 0.4) is 0 Å². The smallest absolute Gasteiger partial charge is 0.416 e. The van der Waals surface area contributed by atoms with E-state index in [0.29, 0.717) is 31.2 Å². The van der Waals surface area contributed by atoms with Gasteiger partial charge in [0.15, 0.2) is 0 Å². The summed E-state index contributed by atoms with van der Waals surface area (Å²) in [6.45, 7) is 0. The van der Waals surface area contributed by atoms with E-state index in [-0.39, 0.29) is 18.7 Å². The number of carbonyl (C=O) groups is 2. The van der Waals surface area contributed by atoms with E-state index in [1.54, 1.807) is 6.07 Å². The first-order valence-corrected chi connectivity index (χ1v) is 7.93. The number of nitrogens with one attached hydrogen (secondary N) is 1. The van der Waals surface area contributed by atoms with Crippen LogP contribution in [0.1, 0.15) is 56.1 Å². The molecule has 1 fully saturated rings. The molecule has 1 amide bonds. The Morgan fingerprint density at radius 2 is 1.83 bits per heavy atom. The fourth-order valence-corrected chi connectivity index (χ4v) is 2.90. The number of amides is 1. The predicted octanol–water partition coefficient (Wildman–Crippen LogP) is 3.85. The second-order valence-corrected chi connectivity index (χ2v) is 6.16. The number of aliphatic carboxylic acids is 1. The molecule has 0 heterocycles. The third-order valence-electron chi connectivity index (χ3n) is 4.37. The molecular formula is C17H20F3NO3. The number of unbranched alkanes of at least 4 members (excludes halogenated alkanes) is 1. The van der Waals surface area contributed by atoms with E-state index in [1.165, 1.54) is 6.07 Å². The molecule has 0 aromatic heterocycles. The van der Waals surface area contributed by atoms with Crippen LogP contribution in [0.15, 0.2) is 24.3 Å². The maximum absolute atomic E-state index is 12.9. The number of carbonyl (C=O) groups excluding carboxylic acids is 1. The van der Waals surface area contributed by atoms with E-state index in [9.17, 15) is 22.8 Å². The van der Waals surface area contributed by atoms with Crippen LogP contribution in [0.4, 0.5) is 13.2 Å². The van der Waals surface area contributed by atoms with Gasteiger partial charge in [0.25, 0.3) is 0 Å². The van der Waals surface area contributed by atoms with E-state index in [4.69, 9.17) is 5.11 Å². The lowest BCUT2D eigenvalue weighted by Crippen LogP contribution is -2.50. The van der Waals surface area contributed by atoms with Crippen molar-refractivity contribution in [1.82, 2.24) is 5.32 Å². The summed E-state index contributed by atoms with van der Waals surface area (Å²) in [6.07, 6.45) is -1.34. The minimum atomic E-state index is -4.41. The van der Waals surface area contributed by atoms with Crippen molar-refractivity contribution in [2.45, 2.75) is 56.7 Å². The number of hydrogen-bond acceptors (Lipinski definition) is 2. The molecule has 24 heavy (non-hydrogen) atoms. The van der Waals surface area contributed by atoms with Crippen LogP contribution in [0.25, 0.3) is 0 Å². The lowest BCUT2D eigenvalue weighted by atomic mass is 9.71. The first kappa shape index (κ1) is 18.3. The predicted molar refractivity (Wildman–Crippen MR) is 81.2 cm³/mol. The second kappa shape index (κ2) is 7.23. The summed E-state index contributed by atoms with van der Waals surface area (Å²) in [6, 6.07) is 5.09.